The first-order valence-electron chi connectivity index (χ1n) is 9.83. The van der Waals surface area contributed by atoms with Crippen LogP contribution in [0.3, 0.4) is 0 Å². The van der Waals surface area contributed by atoms with E-state index in [-0.39, 0.29) is 5.91 Å². The number of benzene rings is 2. The number of nitrogens with zero attached hydrogens (tertiary/aromatic N) is 2. The van der Waals surface area contributed by atoms with E-state index in [2.05, 4.69) is 22.5 Å². The van der Waals surface area contributed by atoms with Crippen molar-refractivity contribution in [1.29, 1.82) is 0 Å². The summed E-state index contributed by atoms with van der Waals surface area (Å²) in [5, 5.41) is 3.13. The van der Waals surface area contributed by atoms with Gasteiger partial charge in [-0.1, -0.05) is 24.3 Å². The maximum absolute atomic E-state index is 13.0. The third kappa shape index (κ3) is 3.09. The highest BCUT2D eigenvalue weighted by Crippen LogP contribution is 2.39. The molecule has 1 aliphatic rings. The van der Waals surface area contributed by atoms with Crippen LogP contribution in [0.1, 0.15) is 11.1 Å². The lowest BCUT2D eigenvalue weighted by Crippen LogP contribution is -2.30. The molecule has 5 rings (SSSR count). The second-order valence-electron chi connectivity index (χ2n) is 7.35. The molecule has 0 bridgehead atoms. The number of methoxy groups -OCH3 is 1. The van der Waals surface area contributed by atoms with Gasteiger partial charge in [0.25, 0.3) is 0 Å². The molecule has 30 heavy (non-hydrogen) atoms. The van der Waals surface area contributed by atoms with Crippen molar-refractivity contribution in [2.75, 3.05) is 24.3 Å². The Morgan fingerprint density at radius 3 is 2.97 bits per heavy atom. The van der Waals surface area contributed by atoms with Crippen molar-refractivity contribution in [3.05, 3.63) is 71.2 Å². The Balaban J connectivity index is 1.44. The highest BCUT2D eigenvalue weighted by Gasteiger charge is 2.26. The maximum Gasteiger partial charge on any atom is 0.231 e. The maximum atomic E-state index is 13.0. The fourth-order valence-electron chi connectivity index (χ4n) is 4.16. The van der Waals surface area contributed by atoms with E-state index in [0.717, 1.165) is 44.6 Å². The Bertz CT molecular complexity index is 1260. The number of thiophene rings is 1. The topological polar surface area (TPSA) is 68.5 Å². The smallest absolute Gasteiger partial charge is 0.231 e. The van der Waals surface area contributed by atoms with E-state index in [0.29, 0.717) is 18.8 Å². The number of aromatic nitrogens is 1. The van der Waals surface area contributed by atoms with Gasteiger partial charge in [-0.25, -0.2) is 4.98 Å². The summed E-state index contributed by atoms with van der Waals surface area (Å²) in [6.45, 7) is 0.695. The number of pyridine rings is 1. The second-order valence-corrected chi connectivity index (χ2v) is 8.26. The first-order chi connectivity index (χ1) is 14.7. The Morgan fingerprint density at radius 2 is 2.10 bits per heavy atom. The van der Waals surface area contributed by atoms with Crippen molar-refractivity contribution in [2.45, 2.75) is 12.8 Å². The normalized spacial score (nSPS) is 12.9. The molecule has 6 heteroatoms. The molecule has 2 N–H and O–H groups in total. The third-order valence-corrected chi connectivity index (χ3v) is 6.58. The van der Waals surface area contributed by atoms with E-state index >= 15 is 0 Å². The summed E-state index contributed by atoms with van der Waals surface area (Å²) in [5.74, 6) is 1.38. The Labute approximate surface area is 178 Å². The first-order valence-corrected chi connectivity index (χ1v) is 10.7. The van der Waals surface area contributed by atoms with Gasteiger partial charge in [0.15, 0.2) is 0 Å². The Morgan fingerprint density at radius 1 is 1.23 bits per heavy atom. The van der Waals surface area contributed by atoms with Gasteiger partial charge < -0.3 is 15.4 Å². The van der Waals surface area contributed by atoms with Gasteiger partial charge in [0.1, 0.15) is 11.6 Å². The molecule has 0 spiro atoms. The number of nitrogen functional groups attached to an aromatic ring is 1. The standard InChI is InChI=1S/C24H21N3O2S/c1-29-20-5-3-2-4-17(20)13-22(28)27-11-9-16-12-15(6-7-19(16)27)18-14-30-21-8-10-26-24(25)23(18)21/h2-8,10,12,14H,9,11,13H2,1H3,(H2,25,26). The summed E-state index contributed by atoms with van der Waals surface area (Å²) < 4.78 is 6.53. The minimum Gasteiger partial charge on any atom is -0.496 e. The van der Waals surface area contributed by atoms with Crippen molar-refractivity contribution in [2.24, 2.45) is 0 Å². The van der Waals surface area contributed by atoms with E-state index in [1.54, 1.807) is 24.6 Å². The van der Waals surface area contributed by atoms with Crippen molar-refractivity contribution < 1.29 is 9.53 Å². The SMILES string of the molecule is COc1ccccc1CC(=O)N1CCc2cc(-c3csc4ccnc(N)c34)ccc21. The highest BCUT2D eigenvalue weighted by atomic mass is 32.1. The Kier molecular flexibility index (Phi) is 4.64. The summed E-state index contributed by atoms with van der Waals surface area (Å²) in [6, 6.07) is 16.0. The summed E-state index contributed by atoms with van der Waals surface area (Å²) in [7, 11) is 1.63. The second kappa shape index (κ2) is 7.46. The van der Waals surface area contributed by atoms with Crippen molar-refractivity contribution in [1.82, 2.24) is 4.98 Å². The van der Waals surface area contributed by atoms with Crippen LogP contribution in [0, 0.1) is 0 Å². The van der Waals surface area contributed by atoms with Crippen molar-refractivity contribution in [3.63, 3.8) is 0 Å². The number of amides is 1. The van der Waals surface area contributed by atoms with Gasteiger partial charge in [-0.15, -0.1) is 11.3 Å². The molecule has 0 radical (unpaired) electrons. The predicted molar refractivity (Wildman–Crippen MR) is 122 cm³/mol. The molecule has 0 unspecified atom stereocenters. The number of fused-ring (bicyclic) bond motifs is 2. The number of nitrogens with two attached hydrogens (primary N) is 1. The van der Waals surface area contributed by atoms with Crippen molar-refractivity contribution >= 4 is 38.8 Å². The fourth-order valence-corrected chi connectivity index (χ4v) is 5.13. The molecule has 1 aliphatic heterocycles. The van der Waals surface area contributed by atoms with Crippen LogP contribution in [0.15, 0.2) is 60.1 Å². The largest absolute Gasteiger partial charge is 0.496 e. The molecule has 150 valence electrons. The van der Waals surface area contributed by atoms with Crippen LogP contribution in [0.25, 0.3) is 21.2 Å². The van der Waals surface area contributed by atoms with E-state index in [4.69, 9.17) is 10.5 Å². The molecule has 0 atom stereocenters. The highest BCUT2D eigenvalue weighted by molar-refractivity contribution is 7.17. The zero-order valence-corrected chi connectivity index (χ0v) is 17.4. The summed E-state index contributed by atoms with van der Waals surface area (Å²) in [5.41, 5.74) is 11.4. The van der Waals surface area contributed by atoms with Crippen LogP contribution in [-0.4, -0.2) is 24.5 Å². The van der Waals surface area contributed by atoms with Crippen LogP contribution in [0.5, 0.6) is 5.75 Å². The van der Waals surface area contributed by atoms with Crippen LogP contribution in [-0.2, 0) is 17.6 Å². The van der Waals surface area contributed by atoms with Crippen LogP contribution in [0.4, 0.5) is 11.5 Å². The molecule has 0 saturated heterocycles. The van der Waals surface area contributed by atoms with E-state index < -0.39 is 0 Å². The molecule has 2 aromatic carbocycles. The van der Waals surface area contributed by atoms with Crippen LogP contribution >= 0.6 is 11.3 Å². The summed E-state index contributed by atoms with van der Waals surface area (Å²) in [6.07, 6.45) is 2.91. The molecule has 3 heterocycles. The van der Waals surface area contributed by atoms with Crippen LogP contribution in [0.2, 0.25) is 0 Å². The molecule has 1 amide bonds. The number of hydrogen-bond donors (Lipinski definition) is 1. The lowest BCUT2D eigenvalue weighted by Gasteiger charge is -2.18. The minimum absolute atomic E-state index is 0.0837. The summed E-state index contributed by atoms with van der Waals surface area (Å²) in [4.78, 5) is 19.2. The lowest BCUT2D eigenvalue weighted by atomic mass is 10.0. The number of carbonyl (C=O) groups excluding carboxylic acids is 1. The molecule has 2 aromatic heterocycles. The zero-order valence-electron chi connectivity index (χ0n) is 16.6. The lowest BCUT2D eigenvalue weighted by molar-refractivity contribution is -0.117. The van der Waals surface area contributed by atoms with Gasteiger partial charge in [-0.2, -0.15) is 0 Å². The molecule has 0 fully saturated rings. The summed E-state index contributed by atoms with van der Waals surface area (Å²) >= 11 is 1.67. The molecule has 4 aromatic rings. The van der Waals surface area contributed by atoms with Gasteiger partial charge in [-0.3, -0.25) is 4.79 Å². The van der Waals surface area contributed by atoms with E-state index in [9.17, 15) is 4.79 Å². The zero-order chi connectivity index (χ0) is 20.7. The van der Waals surface area contributed by atoms with E-state index in [1.807, 2.05) is 41.3 Å². The predicted octanol–water partition coefficient (Wildman–Crippen LogP) is 4.69. The first kappa shape index (κ1) is 18.6. The third-order valence-electron chi connectivity index (χ3n) is 5.64. The fraction of sp³-hybridized carbons (Fsp3) is 0.167. The number of carbonyl (C=O) groups is 1. The van der Waals surface area contributed by atoms with Gasteiger partial charge in [-0.05, 0) is 47.2 Å². The average molecular weight is 416 g/mol. The van der Waals surface area contributed by atoms with Crippen LogP contribution < -0.4 is 15.4 Å². The van der Waals surface area contributed by atoms with Gasteiger partial charge in [0.05, 0.1) is 13.5 Å². The number of para-hydroxylation sites is 1. The number of rotatable bonds is 4. The number of anilines is 2. The van der Waals surface area contributed by atoms with Gasteiger partial charge in [0.2, 0.25) is 5.91 Å². The number of ether oxygens (including phenoxy) is 1. The average Bonchev–Trinajstić information content (AvgIpc) is 3.38. The molecular formula is C24H21N3O2S. The molecule has 0 saturated carbocycles. The van der Waals surface area contributed by atoms with Gasteiger partial charge >= 0.3 is 0 Å². The quantitative estimate of drug-likeness (QED) is 0.525. The monoisotopic (exact) mass is 415 g/mol. The number of hydrogen-bond acceptors (Lipinski definition) is 5. The molecular weight excluding hydrogens is 394 g/mol. The Hall–Kier alpha value is -3.38. The van der Waals surface area contributed by atoms with Crippen molar-refractivity contribution in [3.8, 4) is 16.9 Å². The molecule has 5 nitrogen and oxygen atoms in total. The minimum atomic E-state index is 0.0837. The van der Waals surface area contributed by atoms with Gasteiger partial charge in [0, 0.05) is 39.6 Å². The molecule has 0 aliphatic carbocycles. The van der Waals surface area contributed by atoms with E-state index in [1.165, 1.54) is 5.56 Å².